The molecule has 0 aromatic heterocycles. The van der Waals surface area contributed by atoms with E-state index in [1.54, 1.807) is 0 Å². The topological polar surface area (TPSA) is 78.5 Å². The van der Waals surface area contributed by atoms with Gasteiger partial charge in [0.2, 0.25) is 17.7 Å². The first-order valence-corrected chi connectivity index (χ1v) is 7.42. The number of rotatable bonds is 5. The van der Waals surface area contributed by atoms with Gasteiger partial charge in [0, 0.05) is 24.7 Å². The van der Waals surface area contributed by atoms with Crippen molar-refractivity contribution in [1.29, 1.82) is 0 Å². The summed E-state index contributed by atoms with van der Waals surface area (Å²) in [5, 5.41) is 4.41. The van der Waals surface area contributed by atoms with E-state index in [0.29, 0.717) is 4.90 Å². The minimum atomic E-state index is -4.56. The highest BCUT2D eigenvalue weighted by atomic mass is 19.4. The van der Waals surface area contributed by atoms with Gasteiger partial charge in [-0.2, -0.15) is 13.2 Å². The van der Waals surface area contributed by atoms with Gasteiger partial charge in [0.15, 0.2) is 11.6 Å². The van der Waals surface area contributed by atoms with Crippen LogP contribution in [0, 0.1) is 17.6 Å². The van der Waals surface area contributed by atoms with Crippen LogP contribution in [0.15, 0.2) is 18.2 Å². The molecule has 0 spiro atoms. The summed E-state index contributed by atoms with van der Waals surface area (Å²) in [5.41, 5.74) is -0.0319. The number of carbonyl (C=O) groups excluding carboxylic acids is 3. The van der Waals surface area contributed by atoms with Crippen LogP contribution in [-0.4, -0.2) is 48.4 Å². The molecule has 0 saturated carbocycles. The first kappa shape index (κ1) is 19.6. The normalized spacial score (nSPS) is 17.3. The van der Waals surface area contributed by atoms with Crippen molar-refractivity contribution in [3.8, 4) is 0 Å². The third-order valence-corrected chi connectivity index (χ3v) is 3.58. The van der Waals surface area contributed by atoms with Gasteiger partial charge >= 0.3 is 6.18 Å². The molecule has 2 rings (SSSR count). The Balaban J connectivity index is 1.82. The van der Waals surface area contributed by atoms with Crippen LogP contribution < -0.4 is 10.6 Å². The lowest BCUT2D eigenvalue weighted by Gasteiger charge is -2.18. The second kappa shape index (κ2) is 7.67. The fraction of sp³-hybridized carbons (Fsp3) is 0.400. The highest BCUT2D eigenvalue weighted by molar-refractivity contribution is 5.96. The molecular formula is C15H14F5N3O3. The molecule has 11 heteroatoms. The van der Waals surface area contributed by atoms with Gasteiger partial charge in [-0.25, -0.2) is 8.78 Å². The molecule has 1 fully saturated rings. The minimum Gasteiger partial charge on any atom is -0.347 e. The number of anilines is 1. The van der Waals surface area contributed by atoms with Crippen LogP contribution in [0.25, 0.3) is 0 Å². The van der Waals surface area contributed by atoms with Crippen molar-refractivity contribution < 1.29 is 36.3 Å². The first-order valence-electron chi connectivity index (χ1n) is 7.42. The van der Waals surface area contributed by atoms with Gasteiger partial charge in [0.05, 0.1) is 12.5 Å². The summed E-state index contributed by atoms with van der Waals surface area (Å²) in [6.07, 6.45) is -4.95. The monoisotopic (exact) mass is 379 g/mol. The number of halogens is 5. The van der Waals surface area contributed by atoms with Crippen LogP contribution in [-0.2, 0) is 14.4 Å². The molecule has 1 aliphatic heterocycles. The molecule has 1 aromatic rings. The Bertz CT molecular complexity index is 723. The summed E-state index contributed by atoms with van der Waals surface area (Å²) >= 11 is 0. The SMILES string of the molecule is O=C(CNC(=O)C1CC(=O)N(CC(F)(F)F)C1)Nc1ccc(F)c(F)c1. The Kier molecular flexibility index (Phi) is 5.78. The highest BCUT2D eigenvalue weighted by Gasteiger charge is 2.40. The Hall–Kier alpha value is -2.72. The molecule has 2 N–H and O–H groups in total. The molecule has 0 radical (unpaired) electrons. The zero-order chi connectivity index (χ0) is 19.5. The first-order chi connectivity index (χ1) is 12.0. The average molecular weight is 379 g/mol. The third kappa shape index (κ3) is 5.39. The molecule has 6 nitrogen and oxygen atoms in total. The van der Waals surface area contributed by atoms with Crippen molar-refractivity contribution in [2.24, 2.45) is 5.92 Å². The van der Waals surface area contributed by atoms with E-state index in [9.17, 15) is 36.3 Å². The smallest absolute Gasteiger partial charge is 0.347 e. The summed E-state index contributed by atoms with van der Waals surface area (Å²) in [6.45, 7) is -2.37. The quantitative estimate of drug-likeness (QED) is 0.760. The fourth-order valence-electron chi connectivity index (χ4n) is 2.41. The van der Waals surface area contributed by atoms with Crippen LogP contribution in [0.4, 0.5) is 27.6 Å². The van der Waals surface area contributed by atoms with E-state index in [1.165, 1.54) is 0 Å². The third-order valence-electron chi connectivity index (χ3n) is 3.58. The molecule has 1 aliphatic rings. The van der Waals surface area contributed by atoms with Gasteiger partial charge in [0.25, 0.3) is 0 Å². The maximum atomic E-state index is 13.0. The molecule has 142 valence electrons. The molecule has 1 aromatic carbocycles. The van der Waals surface area contributed by atoms with Gasteiger partial charge in [-0.3, -0.25) is 14.4 Å². The lowest BCUT2D eigenvalue weighted by Crippen LogP contribution is -2.39. The Morgan fingerprint density at radius 1 is 1.19 bits per heavy atom. The molecule has 3 amide bonds. The molecular weight excluding hydrogens is 365 g/mol. The number of nitrogens with zero attached hydrogens (tertiary/aromatic N) is 1. The summed E-state index contributed by atoms with van der Waals surface area (Å²) in [6, 6.07) is 2.67. The molecule has 1 heterocycles. The predicted molar refractivity (Wildman–Crippen MR) is 78.7 cm³/mol. The summed E-state index contributed by atoms with van der Waals surface area (Å²) < 4.78 is 62.8. The molecule has 0 bridgehead atoms. The maximum Gasteiger partial charge on any atom is 0.406 e. The van der Waals surface area contributed by atoms with Crippen molar-refractivity contribution in [3.05, 3.63) is 29.8 Å². The van der Waals surface area contributed by atoms with Gasteiger partial charge in [-0.1, -0.05) is 0 Å². The number of nitrogens with one attached hydrogen (secondary N) is 2. The van der Waals surface area contributed by atoms with Crippen LogP contribution >= 0.6 is 0 Å². The zero-order valence-corrected chi connectivity index (χ0v) is 13.2. The lowest BCUT2D eigenvalue weighted by atomic mass is 10.1. The van der Waals surface area contributed by atoms with E-state index in [2.05, 4.69) is 10.6 Å². The average Bonchev–Trinajstić information content (AvgIpc) is 2.88. The van der Waals surface area contributed by atoms with E-state index in [-0.39, 0.29) is 12.1 Å². The van der Waals surface area contributed by atoms with Crippen molar-refractivity contribution in [1.82, 2.24) is 10.2 Å². The van der Waals surface area contributed by atoms with Crippen molar-refractivity contribution >= 4 is 23.4 Å². The highest BCUT2D eigenvalue weighted by Crippen LogP contribution is 2.23. The summed E-state index contributed by atoms with van der Waals surface area (Å²) in [5.74, 6) is -5.55. The number of alkyl halides is 3. The number of carbonyl (C=O) groups is 3. The van der Waals surface area contributed by atoms with Crippen molar-refractivity contribution in [2.75, 3.05) is 25.0 Å². The van der Waals surface area contributed by atoms with Crippen molar-refractivity contribution in [3.63, 3.8) is 0 Å². The molecule has 1 atom stereocenters. The largest absolute Gasteiger partial charge is 0.406 e. The van der Waals surface area contributed by atoms with Gasteiger partial charge in [-0.05, 0) is 12.1 Å². The van der Waals surface area contributed by atoms with Crippen molar-refractivity contribution in [2.45, 2.75) is 12.6 Å². The minimum absolute atomic E-state index is 0.0319. The van der Waals surface area contributed by atoms with E-state index < -0.39 is 61.1 Å². The standard InChI is InChI=1S/C15H14F5N3O3/c16-10-2-1-9(4-11(10)17)22-12(24)5-21-14(26)8-3-13(25)23(6-8)7-15(18,19)20/h1-2,4,8H,3,5-7H2,(H,21,26)(H,22,24). The van der Waals surface area contributed by atoms with Crippen LogP contribution in [0.5, 0.6) is 0 Å². The van der Waals surface area contributed by atoms with Crippen LogP contribution in [0.3, 0.4) is 0 Å². The van der Waals surface area contributed by atoms with Crippen LogP contribution in [0.2, 0.25) is 0 Å². The Morgan fingerprint density at radius 2 is 1.88 bits per heavy atom. The van der Waals surface area contributed by atoms with E-state index in [4.69, 9.17) is 0 Å². The number of hydrogen-bond acceptors (Lipinski definition) is 3. The van der Waals surface area contributed by atoms with Gasteiger partial charge in [0.1, 0.15) is 6.54 Å². The van der Waals surface area contributed by atoms with E-state index >= 15 is 0 Å². The van der Waals surface area contributed by atoms with E-state index in [0.717, 1.165) is 18.2 Å². The number of likely N-dealkylation sites (tertiary alicyclic amines) is 1. The molecule has 1 saturated heterocycles. The lowest BCUT2D eigenvalue weighted by molar-refractivity contribution is -0.157. The number of hydrogen-bond donors (Lipinski definition) is 2. The number of benzene rings is 1. The summed E-state index contributed by atoms with van der Waals surface area (Å²) in [4.78, 5) is 35.6. The van der Waals surface area contributed by atoms with E-state index in [1.807, 2.05) is 0 Å². The Labute approximate surface area is 144 Å². The maximum absolute atomic E-state index is 13.0. The second-order valence-electron chi connectivity index (χ2n) is 5.69. The fourth-order valence-corrected chi connectivity index (χ4v) is 2.41. The van der Waals surface area contributed by atoms with Crippen LogP contribution in [0.1, 0.15) is 6.42 Å². The second-order valence-corrected chi connectivity index (χ2v) is 5.69. The number of amides is 3. The molecule has 26 heavy (non-hydrogen) atoms. The molecule has 1 unspecified atom stereocenters. The Morgan fingerprint density at radius 3 is 2.50 bits per heavy atom. The predicted octanol–water partition coefficient (Wildman–Crippen LogP) is 1.43. The summed E-state index contributed by atoms with van der Waals surface area (Å²) in [7, 11) is 0. The van der Waals surface area contributed by atoms with Gasteiger partial charge < -0.3 is 15.5 Å². The molecule has 0 aliphatic carbocycles. The van der Waals surface area contributed by atoms with Gasteiger partial charge in [-0.15, -0.1) is 0 Å². The zero-order valence-electron chi connectivity index (χ0n) is 13.2.